The lowest BCUT2D eigenvalue weighted by Gasteiger charge is -2.26. The van der Waals surface area contributed by atoms with Crippen molar-refractivity contribution in [2.45, 2.75) is 31.3 Å². The van der Waals surface area contributed by atoms with Gasteiger partial charge in [0, 0.05) is 0 Å². The molecule has 2 rings (SSSR count). The van der Waals surface area contributed by atoms with Gasteiger partial charge in [-0.2, -0.15) is 0 Å². The summed E-state index contributed by atoms with van der Waals surface area (Å²) in [5.41, 5.74) is 0.252. The zero-order valence-electron chi connectivity index (χ0n) is 8.16. The Morgan fingerprint density at radius 2 is 2.20 bits per heavy atom. The normalized spacial score (nSPS) is 31.4. The van der Waals surface area contributed by atoms with Gasteiger partial charge in [-0.3, -0.25) is 5.32 Å². The molecule has 0 spiro atoms. The topological polar surface area (TPSA) is 55.7 Å². The van der Waals surface area contributed by atoms with Crippen molar-refractivity contribution in [1.82, 2.24) is 10.2 Å². The highest BCUT2D eigenvalue weighted by molar-refractivity contribution is 5.23. The number of allylic oxidation sites excluding steroid dienone is 1. The van der Waals surface area contributed by atoms with Gasteiger partial charge < -0.3 is 15.1 Å². The molecule has 0 aromatic rings. The molecule has 15 heavy (non-hydrogen) atoms. The van der Waals surface area contributed by atoms with Crippen LogP contribution in [0.15, 0.2) is 11.5 Å². The second-order valence-electron chi connectivity index (χ2n) is 3.90. The van der Waals surface area contributed by atoms with Crippen LogP contribution in [0.5, 0.6) is 0 Å². The first-order chi connectivity index (χ1) is 7.09. The lowest BCUT2D eigenvalue weighted by molar-refractivity contribution is -0.0548. The van der Waals surface area contributed by atoms with Crippen molar-refractivity contribution in [2.75, 3.05) is 13.2 Å². The summed E-state index contributed by atoms with van der Waals surface area (Å²) in [5, 5.41) is 20.6. The average molecular weight is 220 g/mol. The number of hydrogen-bond acceptors (Lipinski definition) is 4. The largest absolute Gasteiger partial charge is 0.367 e. The molecule has 2 unspecified atom stereocenters. The van der Waals surface area contributed by atoms with Crippen molar-refractivity contribution in [3.63, 3.8) is 0 Å². The molecule has 0 aromatic carbocycles. The highest BCUT2D eigenvalue weighted by Crippen LogP contribution is 2.33. The summed E-state index contributed by atoms with van der Waals surface area (Å²) in [7, 11) is 0. The Labute approximate surface area is 86.2 Å². The quantitative estimate of drug-likeness (QED) is 0.566. The fraction of sp³-hybridized carbons (Fsp3) is 0.778. The van der Waals surface area contributed by atoms with E-state index in [4.69, 9.17) is 10.2 Å². The molecule has 0 amide bonds. The fourth-order valence-corrected chi connectivity index (χ4v) is 2.14. The third-order valence-corrected chi connectivity index (χ3v) is 2.81. The first kappa shape index (κ1) is 10.8. The van der Waals surface area contributed by atoms with Crippen LogP contribution in [0.2, 0.25) is 0 Å². The number of fused-ring (bicyclic) bond motifs is 1. The van der Waals surface area contributed by atoms with Crippen molar-refractivity contribution in [3.05, 3.63) is 11.5 Å². The molecule has 0 aromatic heterocycles. The number of nitrogens with zero attached hydrogens (tertiary/aromatic N) is 1. The molecule has 4 nitrogen and oxygen atoms in total. The van der Waals surface area contributed by atoms with Gasteiger partial charge in [0.1, 0.15) is 0 Å². The number of β-amino-alcohol motifs (C(OH)–C–C–N with tert-alkyl or cyclic N) is 2. The molecule has 1 aliphatic carbocycles. The third kappa shape index (κ3) is 1.97. The Hall–Kier alpha value is -0.720. The molecular formula is C9H14F2N2O2. The van der Waals surface area contributed by atoms with E-state index >= 15 is 0 Å². The summed E-state index contributed by atoms with van der Waals surface area (Å²) in [5.74, 6) is -0.767. The lowest BCUT2D eigenvalue weighted by atomic mass is 9.97. The maximum atomic E-state index is 13.5. The molecule has 0 saturated carbocycles. The zero-order valence-corrected chi connectivity index (χ0v) is 8.16. The molecule has 3 N–H and O–H groups in total. The molecule has 6 heteroatoms. The number of rotatable bonds is 2. The predicted molar refractivity (Wildman–Crippen MR) is 49.0 cm³/mol. The zero-order chi connectivity index (χ0) is 11.0. The predicted octanol–water partition coefficient (Wildman–Crippen LogP) is -0.159. The van der Waals surface area contributed by atoms with Crippen LogP contribution >= 0.6 is 0 Å². The van der Waals surface area contributed by atoms with Crippen LogP contribution in [0, 0.1) is 0 Å². The molecule has 1 saturated heterocycles. The van der Waals surface area contributed by atoms with Crippen molar-refractivity contribution < 1.29 is 19.0 Å². The van der Waals surface area contributed by atoms with Gasteiger partial charge in [-0.1, -0.05) is 0 Å². The number of nitrogens with one attached hydrogen (secondary N) is 1. The maximum Gasteiger partial charge on any atom is 0.169 e. The van der Waals surface area contributed by atoms with Crippen molar-refractivity contribution in [3.8, 4) is 0 Å². The van der Waals surface area contributed by atoms with Crippen LogP contribution in [0.3, 0.4) is 0 Å². The van der Waals surface area contributed by atoms with E-state index in [0.29, 0.717) is 13.1 Å². The van der Waals surface area contributed by atoms with E-state index in [2.05, 4.69) is 5.32 Å². The molecular weight excluding hydrogens is 206 g/mol. The molecule has 0 radical (unpaired) electrons. The van der Waals surface area contributed by atoms with E-state index in [9.17, 15) is 8.78 Å². The minimum absolute atomic E-state index is 0.0982. The Morgan fingerprint density at radius 3 is 2.87 bits per heavy atom. The van der Waals surface area contributed by atoms with Gasteiger partial charge in [0.2, 0.25) is 0 Å². The number of hydrogen-bond donors (Lipinski definition) is 3. The Morgan fingerprint density at radius 1 is 1.47 bits per heavy atom. The third-order valence-electron chi connectivity index (χ3n) is 2.81. The fourth-order valence-electron chi connectivity index (χ4n) is 2.14. The van der Waals surface area contributed by atoms with Crippen LogP contribution in [0.1, 0.15) is 12.8 Å². The van der Waals surface area contributed by atoms with Crippen LogP contribution in [0.25, 0.3) is 0 Å². The Bertz CT molecular complexity index is 283. The second-order valence-corrected chi connectivity index (χ2v) is 3.90. The number of aliphatic hydroxyl groups is 2. The van der Waals surface area contributed by atoms with Gasteiger partial charge >= 0.3 is 0 Å². The van der Waals surface area contributed by atoms with E-state index in [0.717, 1.165) is 0 Å². The van der Waals surface area contributed by atoms with E-state index < -0.39 is 18.3 Å². The van der Waals surface area contributed by atoms with Crippen molar-refractivity contribution in [2.24, 2.45) is 0 Å². The van der Waals surface area contributed by atoms with Gasteiger partial charge in [-0.25, -0.2) is 8.78 Å². The summed E-state index contributed by atoms with van der Waals surface area (Å²) >= 11 is 0. The number of aliphatic hydroxyl groups excluding tert-OH is 1. The second kappa shape index (κ2) is 4.03. The molecule has 0 bridgehead atoms. The number of alkyl halides is 1. The van der Waals surface area contributed by atoms with Gasteiger partial charge in [0.25, 0.3) is 0 Å². The van der Waals surface area contributed by atoms with E-state index in [1.807, 2.05) is 0 Å². The summed E-state index contributed by atoms with van der Waals surface area (Å²) in [6, 6.07) is -0.184. The van der Waals surface area contributed by atoms with E-state index in [1.54, 1.807) is 0 Å². The van der Waals surface area contributed by atoms with Crippen molar-refractivity contribution in [1.29, 1.82) is 0 Å². The van der Waals surface area contributed by atoms with Crippen LogP contribution in [-0.2, 0) is 0 Å². The smallest absolute Gasteiger partial charge is 0.169 e. The number of halogens is 2. The molecule has 2 aliphatic rings. The van der Waals surface area contributed by atoms with Gasteiger partial charge in [0.05, 0.1) is 25.0 Å². The van der Waals surface area contributed by atoms with Crippen LogP contribution in [-0.4, -0.2) is 46.8 Å². The van der Waals surface area contributed by atoms with Gasteiger partial charge in [-0.05, 0) is 12.8 Å². The minimum atomic E-state index is -1.55. The lowest BCUT2D eigenvalue weighted by Crippen LogP contribution is -2.33. The van der Waals surface area contributed by atoms with Crippen molar-refractivity contribution >= 4 is 0 Å². The highest BCUT2D eigenvalue weighted by atomic mass is 19.2. The standard InChI is InChI=1S/C9H14F2N2O2/c10-5-1-2-6-9(8(5)11)13(4-12-6)3-7(14)15/h5-7,12,14-15H,1-4H2. The average Bonchev–Trinajstić information content (AvgIpc) is 2.55. The summed E-state index contributed by atoms with van der Waals surface area (Å²) in [4.78, 5) is 1.44. The van der Waals surface area contributed by atoms with E-state index in [-0.39, 0.29) is 24.7 Å². The minimum Gasteiger partial charge on any atom is -0.367 e. The maximum absolute atomic E-state index is 13.5. The molecule has 86 valence electrons. The first-order valence-electron chi connectivity index (χ1n) is 4.97. The van der Waals surface area contributed by atoms with Crippen LogP contribution in [0.4, 0.5) is 8.78 Å². The van der Waals surface area contributed by atoms with E-state index in [1.165, 1.54) is 4.90 Å². The van der Waals surface area contributed by atoms with Gasteiger partial charge in [0.15, 0.2) is 18.3 Å². The Balaban J connectivity index is 2.19. The molecule has 1 heterocycles. The van der Waals surface area contributed by atoms with Gasteiger partial charge in [-0.15, -0.1) is 0 Å². The monoisotopic (exact) mass is 220 g/mol. The summed E-state index contributed by atoms with van der Waals surface area (Å²) < 4.78 is 26.6. The molecule has 1 fully saturated rings. The summed E-state index contributed by atoms with van der Waals surface area (Å²) in [6.07, 6.45) is -2.36. The molecule has 1 aliphatic heterocycles. The highest BCUT2D eigenvalue weighted by Gasteiger charge is 2.37. The van der Waals surface area contributed by atoms with Crippen LogP contribution < -0.4 is 5.32 Å². The Kier molecular flexibility index (Phi) is 2.90. The summed E-state index contributed by atoms with van der Waals surface area (Å²) in [6.45, 7) is 0.233. The molecule has 2 atom stereocenters. The first-order valence-corrected chi connectivity index (χ1v) is 4.97. The SMILES string of the molecule is OC(O)CN1CNC2CCC(F)C(F)=C21.